The zero-order chi connectivity index (χ0) is 14.8. The van der Waals surface area contributed by atoms with Gasteiger partial charge in [-0.3, -0.25) is 0 Å². The van der Waals surface area contributed by atoms with E-state index < -0.39 is 12.1 Å². The van der Waals surface area contributed by atoms with Gasteiger partial charge in [0.2, 0.25) is 0 Å². The van der Waals surface area contributed by atoms with Crippen LogP contribution >= 0.6 is 0 Å². The fraction of sp³-hybridized carbons (Fsp3) is 0.625. The Morgan fingerprint density at radius 3 is 2.15 bits per heavy atom. The maximum atomic E-state index is 12.6. The Labute approximate surface area is 118 Å². The predicted octanol–water partition coefficient (Wildman–Crippen LogP) is 4.23. The lowest BCUT2D eigenvalue weighted by atomic mass is 9.77. The summed E-state index contributed by atoms with van der Waals surface area (Å²) >= 11 is 0. The van der Waals surface area contributed by atoms with Crippen LogP contribution in [-0.4, -0.2) is 12.2 Å². The van der Waals surface area contributed by atoms with Crippen molar-refractivity contribution in [2.75, 3.05) is 0 Å². The molecule has 0 radical (unpaired) electrons. The summed E-state index contributed by atoms with van der Waals surface area (Å²) in [5, 5.41) is 0. The van der Waals surface area contributed by atoms with Gasteiger partial charge >= 0.3 is 6.18 Å². The molecule has 20 heavy (non-hydrogen) atoms. The number of hydrogen-bond donors (Lipinski definition) is 1. The van der Waals surface area contributed by atoms with Crippen LogP contribution in [0.1, 0.15) is 36.8 Å². The molecule has 0 aromatic heterocycles. The monoisotopic (exact) mass is 285 g/mol. The summed E-state index contributed by atoms with van der Waals surface area (Å²) in [6, 6.07) is 8.16. The molecule has 1 saturated carbocycles. The molecule has 0 spiro atoms. The van der Waals surface area contributed by atoms with Crippen molar-refractivity contribution < 1.29 is 13.2 Å². The van der Waals surface area contributed by atoms with Gasteiger partial charge in [-0.2, -0.15) is 13.2 Å². The van der Waals surface area contributed by atoms with Gasteiger partial charge in [0.1, 0.15) is 0 Å². The Bertz CT molecular complexity index is 416. The zero-order valence-corrected chi connectivity index (χ0v) is 11.8. The second-order valence-electron chi connectivity index (χ2n) is 6.01. The average Bonchev–Trinajstić information content (AvgIpc) is 2.40. The molecule has 0 aliphatic heterocycles. The Balaban J connectivity index is 1.85. The van der Waals surface area contributed by atoms with Gasteiger partial charge < -0.3 is 5.73 Å². The van der Waals surface area contributed by atoms with E-state index in [-0.39, 0.29) is 24.8 Å². The van der Waals surface area contributed by atoms with Crippen molar-refractivity contribution in [2.45, 2.75) is 51.2 Å². The van der Waals surface area contributed by atoms with E-state index in [0.717, 1.165) is 6.42 Å². The molecule has 1 nitrogen and oxygen atoms in total. The van der Waals surface area contributed by atoms with Crippen molar-refractivity contribution in [3.63, 3.8) is 0 Å². The minimum absolute atomic E-state index is 0.0353. The van der Waals surface area contributed by atoms with Gasteiger partial charge in [0, 0.05) is 6.04 Å². The number of halogens is 3. The highest BCUT2D eigenvalue weighted by Crippen LogP contribution is 2.40. The highest BCUT2D eigenvalue weighted by Gasteiger charge is 2.42. The molecule has 1 atom stereocenters. The molecule has 0 heterocycles. The lowest BCUT2D eigenvalue weighted by Gasteiger charge is -2.33. The fourth-order valence-corrected chi connectivity index (χ4v) is 3.04. The van der Waals surface area contributed by atoms with Crippen LogP contribution in [-0.2, 0) is 6.42 Å². The number of rotatable bonds is 3. The zero-order valence-electron chi connectivity index (χ0n) is 11.8. The SMILES string of the molecule is Cc1ccc(CC(N)C2CCC(C(F)(F)F)CC2)cc1. The molecule has 4 heteroatoms. The molecule has 0 bridgehead atoms. The number of hydrogen-bond acceptors (Lipinski definition) is 1. The highest BCUT2D eigenvalue weighted by atomic mass is 19.4. The van der Waals surface area contributed by atoms with Crippen molar-refractivity contribution in [1.29, 1.82) is 0 Å². The number of benzene rings is 1. The van der Waals surface area contributed by atoms with E-state index in [1.165, 1.54) is 11.1 Å². The van der Waals surface area contributed by atoms with Crippen LogP contribution in [0.2, 0.25) is 0 Å². The first-order chi connectivity index (χ1) is 9.36. The molecule has 1 aliphatic rings. The largest absolute Gasteiger partial charge is 0.391 e. The predicted molar refractivity (Wildman–Crippen MR) is 74.4 cm³/mol. The van der Waals surface area contributed by atoms with Crippen LogP contribution in [0.15, 0.2) is 24.3 Å². The summed E-state index contributed by atoms with van der Waals surface area (Å²) in [5.74, 6) is -0.903. The molecule has 1 aromatic carbocycles. The summed E-state index contributed by atoms with van der Waals surface area (Å²) in [5.41, 5.74) is 8.56. The standard InChI is InChI=1S/C16H22F3N/c1-11-2-4-12(5-3-11)10-15(20)13-6-8-14(9-7-13)16(17,18)19/h2-5,13-15H,6-10,20H2,1H3. The first-order valence-corrected chi connectivity index (χ1v) is 7.24. The summed E-state index contributed by atoms with van der Waals surface area (Å²) in [6.07, 6.45) is -1.63. The molecule has 1 aliphatic carbocycles. The van der Waals surface area contributed by atoms with E-state index in [4.69, 9.17) is 5.73 Å². The van der Waals surface area contributed by atoms with Crippen LogP contribution in [0.3, 0.4) is 0 Å². The Morgan fingerprint density at radius 1 is 1.10 bits per heavy atom. The minimum atomic E-state index is -4.04. The van der Waals surface area contributed by atoms with Gasteiger partial charge in [-0.25, -0.2) is 0 Å². The average molecular weight is 285 g/mol. The molecule has 112 valence electrons. The number of alkyl halides is 3. The molecule has 0 amide bonds. The summed E-state index contributed by atoms with van der Waals surface area (Å²) in [6.45, 7) is 2.03. The van der Waals surface area contributed by atoms with Gasteiger partial charge in [-0.05, 0) is 50.5 Å². The minimum Gasteiger partial charge on any atom is -0.327 e. The van der Waals surface area contributed by atoms with Crippen LogP contribution in [0.25, 0.3) is 0 Å². The third-order valence-electron chi connectivity index (χ3n) is 4.43. The van der Waals surface area contributed by atoms with Gasteiger partial charge in [0.15, 0.2) is 0 Å². The van der Waals surface area contributed by atoms with E-state index in [1.54, 1.807) is 0 Å². The smallest absolute Gasteiger partial charge is 0.327 e. The maximum absolute atomic E-state index is 12.6. The molecule has 1 unspecified atom stereocenters. The van der Waals surface area contributed by atoms with Crippen LogP contribution in [0, 0.1) is 18.8 Å². The van der Waals surface area contributed by atoms with Crippen molar-refractivity contribution in [3.8, 4) is 0 Å². The van der Waals surface area contributed by atoms with E-state index in [9.17, 15) is 13.2 Å². The summed E-state index contributed by atoms with van der Waals surface area (Å²) < 4.78 is 37.9. The molecular weight excluding hydrogens is 263 g/mol. The van der Waals surface area contributed by atoms with Crippen LogP contribution in [0.4, 0.5) is 13.2 Å². The molecule has 1 aromatic rings. The maximum Gasteiger partial charge on any atom is 0.391 e. The van der Waals surface area contributed by atoms with Gasteiger partial charge in [-0.1, -0.05) is 29.8 Å². The fourth-order valence-electron chi connectivity index (χ4n) is 3.04. The second-order valence-corrected chi connectivity index (χ2v) is 6.01. The van der Waals surface area contributed by atoms with E-state index in [2.05, 4.69) is 12.1 Å². The highest BCUT2D eigenvalue weighted by molar-refractivity contribution is 5.22. The first kappa shape index (κ1) is 15.4. The normalized spacial score (nSPS) is 25.4. The van der Waals surface area contributed by atoms with Crippen molar-refractivity contribution >= 4 is 0 Å². The molecule has 1 fully saturated rings. The summed E-state index contributed by atoms with van der Waals surface area (Å²) in [7, 11) is 0. The molecule has 0 saturated heterocycles. The van der Waals surface area contributed by atoms with Crippen LogP contribution < -0.4 is 5.73 Å². The number of nitrogens with two attached hydrogens (primary N) is 1. The lowest BCUT2D eigenvalue weighted by molar-refractivity contribution is -0.184. The molecule has 2 rings (SSSR count). The Kier molecular flexibility index (Phi) is 4.74. The summed E-state index contributed by atoms with van der Waals surface area (Å²) in [4.78, 5) is 0. The van der Waals surface area contributed by atoms with Crippen molar-refractivity contribution in [2.24, 2.45) is 17.6 Å². The third-order valence-corrected chi connectivity index (χ3v) is 4.43. The van der Waals surface area contributed by atoms with Crippen molar-refractivity contribution in [1.82, 2.24) is 0 Å². The van der Waals surface area contributed by atoms with Crippen LogP contribution in [0.5, 0.6) is 0 Å². The van der Waals surface area contributed by atoms with E-state index >= 15 is 0 Å². The molecular formula is C16H22F3N. The first-order valence-electron chi connectivity index (χ1n) is 7.24. The van der Waals surface area contributed by atoms with E-state index in [1.807, 2.05) is 19.1 Å². The van der Waals surface area contributed by atoms with E-state index in [0.29, 0.717) is 12.8 Å². The molecule has 2 N–H and O–H groups in total. The van der Waals surface area contributed by atoms with Gasteiger partial charge in [0.25, 0.3) is 0 Å². The van der Waals surface area contributed by atoms with Gasteiger partial charge in [0.05, 0.1) is 5.92 Å². The third kappa shape index (κ3) is 3.98. The van der Waals surface area contributed by atoms with Crippen molar-refractivity contribution in [3.05, 3.63) is 35.4 Å². The second kappa shape index (κ2) is 6.17. The Morgan fingerprint density at radius 2 is 1.65 bits per heavy atom. The number of aryl methyl sites for hydroxylation is 1. The Hall–Kier alpha value is -1.03. The lowest BCUT2D eigenvalue weighted by Crippen LogP contribution is -2.37. The topological polar surface area (TPSA) is 26.0 Å². The van der Waals surface area contributed by atoms with Gasteiger partial charge in [-0.15, -0.1) is 0 Å². The quantitative estimate of drug-likeness (QED) is 0.883.